The number of nitrogens with two attached hydrogens (primary N) is 1. The molecule has 0 saturated heterocycles. The van der Waals surface area contributed by atoms with Crippen molar-refractivity contribution in [2.45, 2.75) is 32.7 Å². The minimum atomic E-state index is -0.795. The van der Waals surface area contributed by atoms with Gasteiger partial charge in [-0.3, -0.25) is 14.4 Å². The largest absolute Gasteiger partial charge is 0.507 e. The summed E-state index contributed by atoms with van der Waals surface area (Å²) in [6.07, 6.45) is 5.56. The lowest BCUT2D eigenvalue weighted by Crippen LogP contribution is -2.33. The number of pyridine rings is 1. The first-order valence-electron chi connectivity index (χ1n) is 12.4. The minimum Gasteiger partial charge on any atom is -0.507 e. The van der Waals surface area contributed by atoms with E-state index in [1.54, 1.807) is 0 Å². The van der Waals surface area contributed by atoms with E-state index < -0.39 is 23.2 Å². The van der Waals surface area contributed by atoms with Crippen LogP contribution in [0.25, 0.3) is 0 Å². The summed E-state index contributed by atoms with van der Waals surface area (Å²) in [7, 11) is 0. The zero-order valence-electron chi connectivity index (χ0n) is 20.9. The number of nitrogens with zero attached hydrogens (tertiary/aromatic N) is 1. The van der Waals surface area contributed by atoms with Gasteiger partial charge in [-0.2, -0.15) is 0 Å². The second-order valence-corrected chi connectivity index (χ2v) is 9.61. The highest BCUT2D eigenvalue weighted by molar-refractivity contribution is 6.31. The molecule has 3 aromatic carbocycles. The lowest BCUT2D eigenvalue weighted by Gasteiger charge is -2.23. The van der Waals surface area contributed by atoms with Crippen LogP contribution in [-0.2, 0) is 19.4 Å². The van der Waals surface area contributed by atoms with Crippen LogP contribution in [0, 0.1) is 6.92 Å². The maximum Gasteiger partial charge on any atom is 0.249 e. The molecule has 1 heterocycles. The van der Waals surface area contributed by atoms with Crippen LogP contribution in [0.15, 0.2) is 73.1 Å². The SMILES string of the molecule is Cc1ccc(C[n+]2ccc(CCCc3c(C(N)=O)cc(O)c4c3C(=O)c3cccc(O)c3C4=O)cc2)cc1. The quantitative estimate of drug-likeness (QED) is 0.290. The Kier molecular flexibility index (Phi) is 6.51. The van der Waals surface area contributed by atoms with Crippen molar-refractivity contribution in [3.8, 4) is 11.5 Å². The normalized spacial score (nSPS) is 12.2. The number of carbonyl (C=O) groups is 3. The molecular formula is C31H27N2O5+. The first kappa shape index (κ1) is 24.9. The van der Waals surface area contributed by atoms with E-state index in [9.17, 15) is 24.6 Å². The topological polar surface area (TPSA) is 122 Å². The predicted molar refractivity (Wildman–Crippen MR) is 141 cm³/mol. The predicted octanol–water partition coefficient (Wildman–Crippen LogP) is 3.79. The fourth-order valence-corrected chi connectivity index (χ4v) is 5.03. The van der Waals surface area contributed by atoms with Gasteiger partial charge >= 0.3 is 0 Å². The fourth-order valence-electron chi connectivity index (χ4n) is 5.03. The lowest BCUT2D eigenvalue weighted by molar-refractivity contribution is -0.688. The van der Waals surface area contributed by atoms with Crippen LogP contribution in [-0.4, -0.2) is 27.7 Å². The number of ketones is 2. The van der Waals surface area contributed by atoms with Crippen LogP contribution >= 0.6 is 0 Å². The van der Waals surface area contributed by atoms with Gasteiger partial charge in [-0.25, -0.2) is 4.57 Å². The Labute approximate surface area is 219 Å². The molecule has 5 rings (SSSR count). The number of primary amides is 1. The van der Waals surface area contributed by atoms with Gasteiger partial charge in [-0.05, 0) is 49.4 Å². The summed E-state index contributed by atoms with van der Waals surface area (Å²) in [5.41, 5.74) is 9.10. The van der Waals surface area contributed by atoms with E-state index in [0.717, 1.165) is 18.2 Å². The standard InChI is InChI=1S/C31H26N2O5/c1-18-8-10-20(11-9-18)17-33-14-12-19(13-15-33)4-2-5-21-23(31(32)38)16-25(35)28-27(21)29(36)22-6-3-7-24(34)26(22)30(28)37/h3,6-16H,2,4-5,17H2,1H3,(H3-,32,34,35,37,38)/p+1. The molecule has 38 heavy (non-hydrogen) atoms. The van der Waals surface area contributed by atoms with Gasteiger partial charge in [0, 0.05) is 34.4 Å². The highest BCUT2D eigenvalue weighted by atomic mass is 16.3. The summed E-state index contributed by atoms with van der Waals surface area (Å²) in [6.45, 7) is 2.82. The third kappa shape index (κ3) is 4.54. The molecule has 7 heteroatoms. The number of hydrogen-bond donors (Lipinski definition) is 3. The first-order valence-corrected chi connectivity index (χ1v) is 12.4. The summed E-state index contributed by atoms with van der Waals surface area (Å²) in [4.78, 5) is 38.9. The molecule has 7 nitrogen and oxygen atoms in total. The smallest absolute Gasteiger partial charge is 0.249 e. The van der Waals surface area contributed by atoms with Crippen LogP contribution in [0.3, 0.4) is 0 Å². The highest BCUT2D eigenvalue weighted by Crippen LogP contribution is 2.39. The van der Waals surface area contributed by atoms with Gasteiger partial charge < -0.3 is 15.9 Å². The highest BCUT2D eigenvalue weighted by Gasteiger charge is 2.37. The molecule has 0 atom stereocenters. The van der Waals surface area contributed by atoms with Gasteiger partial charge in [0.15, 0.2) is 24.7 Å². The number of fused-ring (bicyclic) bond motifs is 2. The molecule has 1 aromatic heterocycles. The number of aromatic nitrogens is 1. The third-order valence-electron chi connectivity index (χ3n) is 6.99. The summed E-state index contributed by atoms with van der Waals surface area (Å²) in [6, 6.07) is 17.8. The molecule has 1 aliphatic carbocycles. The summed E-state index contributed by atoms with van der Waals surface area (Å²) < 4.78 is 2.09. The number of aryl methyl sites for hydroxylation is 2. The number of amides is 1. The van der Waals surface area contributed by atoms with E-state index in [2.05, 4.69) is 35.8 Å². The molecule has 4 aromatic rings. The number of rotatable bonds is 7. The Morgan fingerprint density at radius 2 is 1.53 bits per heavy atom. The Balaban J connectivity index is 1.39. The summed E-state index contributed by atoms with van der Waals surface area (Å²) >= 11 is 0. The maximum absolute atomic E-state index is 13.5. The second kappa shape index (κ2) is 9.94. The van der Waals surface area contributed by atoms with Crippen LogP contribution in [0.4, 0.5) is 0 Å². The van der Waals surface area contributed by atoms with E-state index in [-0.39, 0.29) is 33.6 Å². The van der Waals surface area contributed by atoms with Gasteiger partial charge in [0.1, 0.15) is 11.5 Å². The molecule has 0 bridgehead atoms. The fraction of sp³-hybridized carbons (Fsp3) is 0.161. The Morgan fingerprint density at radius 1 is 0.816 bits per heavy atom. The molecule has 1 amide bonds. The molecule has 0 unspecified atom stereocenters. The van der Waals surface area contributed by atoms with Crippen molar-refractivity contribution >= 4 is 17.5 Å². The zero-order chi connectivity index (χ0) is 27.0. The number of phenols is 2. The van der Waals surface area contributed by atoms with E-state index in [1.165, 1.54) is 29.3 Å². The Hall–Kier alpha value is -4.78. The number of aromatic hydroxyl groups is 2. The molecular weight excluding hydrogens is 480 g/mol. The molecule has 190 valence electrons. The number of phenolic OH excluding ortho intramolecular Hbond substituents is 2. The van der Waals surface area contributed by atoms with Crippen molar-refractivity contribution < 1.29 is 29.2 Å². The average Bonchev–Trinajstić information content (AvgIpc) is 2.89. The van der Waals surface area contributed by atoms with Crippen molar-refractivity contribution in [1.82, 2.24) is 0 Å². The van der Waals surface area contributed by atoms with Crippen LogP contribution < -0.4 is 10.3 Å². The molecule has 0 spiro atoms. The summed E-state index contributed by atoms with van der Waals surface area (Å²) in [5, 5.41) is 20.8. The number of carbonyl (C=O) groups excluding carboxylic acids is 3. The van der Waals surface area contributed by atoms with Gasteiger partial charge in [-0.15, -0.1) is 0 Å². The van der Waals surface area contributed by atoms with E-state index in [4.69, 9.17) is 5.73 Å². The molecule has 0 aliphatic heterocycles. The minimum absolute atomic E-state index is 0.00926. The summed E-state index contributed by atoms with van der Waals surface area (Å²) in [5.74, 6) is -2.84. The van der Waals surface area contributed by atoms with Crippen LogP contribution in [0.2, 0.25) is 0 Å². The zero-order valence-corrected chi connectivity index (χ0v) is 20.9. The third-order valence-corrected chi connectivity index (χ3v) is 6.99. The maximum atomic E-state index is 13.5. The molecule has 0 saturated carbocycles. The van der Waals surface area contributed by atoms with Gasteiger partial charge in [0.2, 0.25) is 11.7 Å². The van der Waals surface area contributed by atoms with E-state index in [0.29, 0.717) is 24.8 Å². The van der Waals surface area contributed by atoms with Crippen molar-refractivity contribution in [2.75, 3.05) is 0 Å². The number of hydrogen-bond acceptors (Lipinski definition) is 5. The lowest BCUT2D eigenvalue weighted by atomic mass is 9.78. The molecule has 0 radical (unpaired) electrons. The van der Waals surface area contributed by atoms with E-state index in [1.807, 2.05) is 24.5 Å². The monoisotopic (exact) mass is 507 g/mol. The molecule has 4 N–H and O–H groups in total. The van der Waals surface area contributed by atoms with E-state index >= 15 is 0 Å². The molecule has 0 fully saturated rings. The number of benzene rings is 3. The van der Waals surface area contributed by atoms with Crippen molar-refractivity contribution in [3.63, 3.8) is 0 Å². The average molecular weight is 508 g/mol. The second-order valence-electron chi connectivity index (χ2n) is 9.61. The van der Waals surface area contributed by atoms with Crippen molar-refractivity contribution in [2.24, 2.45) is 5.73 Å². The van der Waals surface area contributed by atoms with Crippen LogP contribution in [0.5, 0.6) is 11.5 Å². The first-order chi connectivity index (χ1) is 18.2. The molecule has 1 aliphatic rings. The van der Waals surface area contributed by atoms with Crippen molar-refractivity contribution in [3.05, 3.63) is 123 Å². The van der Waals surface area contributed by atoms with Gasteiger partial charge in [0.25, 0.3) is 0 Å². The Morgan fingerprint density at radius 3 is 2.21 bits per heavy atom. The van der Waals surface area contributed by atoms with Gasteiger partial charge in [0.05, 0.1) is 11.1 Å². The Bertz CT molecular complexity index is 1590. The van der Waals surface area contributed by atoms with Crippen molar-refractivity contribution in [1.29, 1.82) is 0 Å². The van der Waals surface area contributed by atoms with Gasteiger partial charge in [-0.1, -0.05) is 42.0 Å². The van der Waals surface area contributed by atoms with Crippen LogP contribution in [0.1, 0.15) is 70.9 Å².